The van der Waals surface area contributed by atoms with Gasteiger partial charge in [-0.15, -0.1) is 0 Å². The highest BCUT2D eigenvalue weighted by Crippen LogP contribution is 2.30. The first-order valence-corrected chi connectivity index (χ1v) is 9.29. The molecule has 0 radical (unpaired) electrons. The summed E-state index contributed by atoms with van der Waals surface area (Å²) in [5.41, 5.74) is 2.42. The maximum Gasteiger partial charge on any atom is 0.223 e. The van der Waals surface area contributed by atoms with Gasteiger partial charge in [0.25, 0.3) is 0 Å². The maximum atomic E-state index is 12.8. The zero-order valence-corrected chi connectivity index (χ0v) is 14.5. The smallest absolute Gasteiger partial charge is 0.223 e. The van der Waals surface area contributed by atoms with E-state index in [4.69, 9.17) is 0 Å². The third-order valence-corrected chi connectivity index (χ3v) is 5.94. The zero-order chi connectivity index (χ0) is 16.5. The second-order valence-corrected chi connectivity index (χ2v) is 7.35. The van der Waals surface area contributed by atoms with Crippen molar-refractivity contribution in [2.24, 2.45) is 0 Å². The summed E-state index contributed by atoms with van der Waals surface area (Å²) in [6.45, 7) is 2.12. The van der Waals surface area contributed by atoms with Gasteiger partial charge in [0, 0.05) is 42.1 Å². The first kappa shape index (κ1) is 15.7. The van der Waals surface area contributed by atoms with Crippen LogP contribution in [0.1, 0.15) is 37.7 Å². The molecule has 2 aliphatic heterocycles. The highest BCUT2D eigenvalue weighted by Gasteiger charge is 2.39. The molecule has 4 heteroatoms. The maximum absolute atomic E-state index is 12.8. The molecule has 2 saturated heterocycles. The summed E-state index contributed by atoms with van der Waals surface area (Å²) < 4.78 is 0. The van der Waals surface area contributed by atoms with Crippen LogP contribution in [0, 0.1) is 0 Å². The van der Waals surface area contributed by atoms with E-state index in [0.29, 0.717) is 24.4 Å². The minimum absolute atomic E-state index is 0.336. The number of carbonyl (C=O) groups excluding carboxylic acids is 1. The second kappa shape index (κ2) is 6.60. The van der Waals surface area contributed by atoms with Crippen LogP contribution in [-0.2, 0) is 11.2 Å². The lowest BCUT2D eigenvalue weighted by atomic mass is 10.0. The molecule has 24 heavy (non-hydrogen) atoms. The van der Waals surface area contributed by atoms with Crippen LogP contribution in [0.15, 0.2) is 30.5 Å². The number of hydrogen-bond acceptors (Lipinski definition) is 2. The van der Waals surface area contributed by atoms with Gasteiger partial charge in [-0.05, 0) is 50.9 Å². The number of amides is 1. The lowest BCUT2D eigenvalue weighted by molar-refractivity contribution is -0.132. The van der Waals surface area contributed by atoms with Crippen molar-refractivity contribution in [1.82, 2.24) is 14.8 Å². The summed E-state index contributed by atoms with van der Waals surface area (Å²) >= 11 is 0. The Morgan fingerprint density at radius 2 is 2.04 bits per heavy atom. The van der Waals surface area contributed by atoms with Gasteiger partial charge in [0.1, 0.15) is 0 Å². The molecule has 128 valence electrons. The van der Waals surface area contributed by atoms with Gasteiger partial charge >= 0.3 is 0 Å². The molecule has 1 aromatic heterocycles. The predicted octanol–water partition coefficient (Wildman–Crippen LogP) is 3.19. The fraction of sp³-hybridized carbons (Fsp3) is 0.550. The monoisotopic (exact) mass is 325 g/mol. The number of aromatic nitrogens is 1. The Balaban J connectivity index is 1.43. The summed E-state index contributed by atoms with van der Waals surface area (Å²) in [7, 11) is 2.23. The number of aryl methyl sites for hydroxylation is 1. The Bertz CT molecular complexity index is 722. The molecule has 2 atom stereocenters. The summed E-state index contributed by atoms with van der Waals surface area (Å²) in [6.07, 6.45) is 8.33. The third kappa shape index (κ3) is 2.84. The van der Waals surface area contributed by atoms with Crippen LogP contribution < -0.4 is 0 Å². The number of nitrogens with zero attached hydrogens (tertiary/aromatic N) is 2. The summed E-state index contributed by atoms with van der Waals surface area (Å²) in [5, 5.41) is 1.25. The van der Waals surface area contributed by atoms with Gasteiger partial charge in [-0.1, -0.05) is 24.6 Å². The molecule has 1 aromatic carbocycles. The van der Waals surface area contributed by atoms with E-state index in [1.165, 1.54) is 36.8 Å². The zero-order valence-electron chi connectivity index (χ0n) is 14.5. The number of likely N-dealkylation sites (tertiary alicyclic amines) is 2. The fourth-order valence-electron chi connectivity index (χ4n) is 4.61. The number of rotatable bonds is 3. The lowest BCUT2D eigenvalue weighted by Gasteiger charge is -2.30. The number of benzene rings is 1. The van der Waals surface area contributed by atoms with Crippen LogP contribution >= 0.6 is 0 Å². The fourth-order valence-corrected chi connectivity index (χ4v) is 4.61. The number of para-hydroxylation sites is 1. The Labute approximate surface area is 143 Å². The van der Waals surface area contributed by atoms with Crippen molar-refractivity contribution in [1.29, 1.82) is 0 Å². The van der Waals surface area contributed by atoms with Crippen LogP contribution in [0.25, 0.3) is 10.9 Å². The average molecular weight is 325 g/mol. The largest absolute Gasteiger partial charge is 0.361 e. The van der Waals surface area contributed by atoms with Crippen molar-refractivity contribution in [3.05, 3.63) is 36.0 Å². The number of aromatic amines is 1. The van der Waals surface area contributed by atoms with E-state index in [9.17, 15) is 4.79 Å². The first-order valence-electron chi connectivity index (χ1n) is 9.29. The van der Waals surface area contributed by atoms with Gasteiger partial charge < -0.3 is 14.8 Å². The summed E-state index contributed by atoms with van der Waals surface area (Å²) in [4.78, 5) is 20.8. The van der Waals surface area contributed by atoms with E-state index >= 15 is 0 Å². The molecule has 0 spiro atoms. The highest BCUT2D eigenvalue weighted by atomic mass is 16.2. The van der Waals surface area contributed by atoms with E-state index in [-0.39, 0.29) is 0 Å². The standard InChI is InChI=1S/C20H27N3O/c1-22-12-5-4-8-19-18(22)11-13-23(19)20(24)10-9-15-14-21-17-7-3-2-6-16(15)17/h2-3,6-7,14,18-19,21H,4-5,8-13H2,1H3/t18-,19-/m1/s1. The van der Waals surface area contributed by atoms with Gasteiger partial charge in [-0.3, -0.25) is 4.79 Å². The minimum Gasteiger partial charge on any atom is -0.361 e. The molecule has 2 aliphatic rings. The molecule has 0 unspecified atom stereocenters. The van der Waals surface area contributed by atoms with Gasteiger partial charge in [0.05, 0.1) is 0 Å². The molecule has 0 aliphatic carbocycles. The number of carbonyl (C=O) groups is 1. The Morgan fingerprint density at radius 1 is 1.17 bits per heavy atom. The third-order valence-electron chi connectivity index (χ3n) is 5.94. The van der Waals surface area contributed by atoms with Crippen LogP contribution in [0.5, 0.6) is 0 Å². The molecule has 0 saturated carbocycles. The van der Waals surface area contributed by atoms with Gasteiger partial charge in [-0.25, -0.2) is 0 Å². The molecule has 1 N–H and O–H groups in total. The van der Waals surface area contributed by atoms with Gasteiger partial charge in [0.15, 0.2) is 0 Å². The SMILES string of the molecule is CN1CCCC[C@@H]2[C@H]1CCN2C(=O)CCc1c[nH]c2ccccc12. The van der Waals surface area contributed by atoms with Crippen LogP contribution in [0.3, 0.4) is 0 Å². The van der Waals surface area contributed by atoms with Crippen molar-refractivity contribution < 1.29 is 4.79 Å². The second-order valence-electron chi connectivity index (χ2n) is 7.35. The Hall–Kier alpha value is -1.81. The number of likely N-dealkylation sites (N-methyl/N-ethyl adjacent to an activating group) is 1. The number of hydrogen-bond donors (Lipinski definition) is 1. The molecule has 4 nitrogen and oxygen atoms in total. The molecule has 0 bridgehead atoms. The molecule has 2 fully saturated rings. The Morgan fingerprint density at radius 3 is 2.96 bits per heavy atom. The van der Waals surface area contributed by atoms with E-state index in [0.717, 1.165) is 24.9 Å². The van der Waals surface area contributed by atoms with Crippen LogP contribution in [0.4, 0.5) is 0 Å². The minimum atomic E-state index is 0.336. The van der Waals surface area contributed by atoms with E-state index in [2.05, 4.69) is 46.2 Å². The predicted molar refractivity (Wildman–Crippen MR) is 97.0 cm³/mol. The molecule has 1 amide bonds. The van der Waals surface area contributed by atoms with Crippen molar-refractivity contribution >= 4 is 16.8 Å². The number of H-pyrrole nitrogens is 1. The first-order chi connectivity index (χ1) is 11.7. The number of fused-ring (bicyclic) bond motifs is 2. The van der Waals surface area contributed by atoms with Gasteiger partial charge in [-0.2, -0.15) is 0 Å². The number of nitrogens with one attached hydrogen (secondary N) is 1. The summed E-state index contributed by atoms with van der Waals surface area (Å²) in [5.74, 6) is 0.336. The molecule has 4 rings (SSSR count). The van der Waals surface area contributed by atoms with Crippen molar-refractivity contribution in [2.75, 3.05) is 20.1 Å². The van der Waals surface area contributed by atoms with E-state index < -0.39 is 0 Å². The van der Waals surface area contributed by atoms with Crippen LogP contribution in [-0.4, -0.2) is 52.9 Å². The van der Waals surface area contributed by atoms with Crippen molar-refractivity contribution in [3.8, 4) is 0 Å². The molecular formula is C20H27N3O. The normalized spacial score (nSPS) is 25.0. The van der Waals surface area contributed by atoms with E-state index in [1.807, 2.05) is 6.07 Å². The quantitative estimate of drug-likeness (QED) is 0.941. The topological polar surface area (TPSA) is 39.3 Å². The average Bonchev–Trinajstić information content (AvgIpc) is 3.16. The van der Waals surface area contributed by atoms with Crippen LogP contribution in [0.2, 0.25) is 0 Å². The lowest BCUT2D eigenvalue weighted by Crippen LogP contribution is -2.44. The highest BCUT2D eigenvalue weighted by molar-refractivity contribution is 5.84. The van der Waals surface area contributed by atoms with Gasteiger partial charge in [0.2, 0.25) is 5.91 Å². The molecular weight excluding hydrogens is 298 g/mol. The summed E-state index contributed by atoms with van der Waals surface area (Å²) in [6, 6.07) is 9.34. The molecule has 2 aromatic rings. The van der Waals surface area contributed by atoms with E-state index in [1.54, 1.807) is 0 Å². The van der Waals surface area contributed by atoms with Crippen molar-refractivity contribution in [2.45, 2.75) is 50.6 Å². The molecule has 3 heterocycles. The van der Waals surface area contributed by atoms with Crippen molar-refractivity contribution in [3.63, 3.8) is 0 Å². The Kier molecular flexibility index (Phi) is 4.31.